The largest absolute Gasteiger partial charge is 0.269 e. The molecule has 1 aromatic carbocycles. The van der Waals surface area contributed by atoms with E-state index in [0.29, 0.717) is 5.69 Å². The van der Waals surface area contributed by atoms with E-state index in [4.69, 9.17) is 0 Å². The van der Waals surface area contributed by atoms with Gasteiger partial charge in [0.15, 0.2) is 0 Å². The van der Waals surface area contributed by atoms with Crippen LogP contribution in [-0.4, -0.2) is 27.9 Å². The summed E-state index contributed by atoms with van der Waals surface area (Å²) in [6.45, 7) is 0. The average Bonchev–Trinajstić information content (AvgIpc) is 3.28. The molecule has 4 amide bonds. The summed E-state index contributed by atoms with van der Waals surface area (Å²) in [4.78, 5) is 48.0. The molecule has 6 nitrogen and oxygen atoms in total. The van der Waals surface area contributed by atoms with Crippen LogP contribution >= 0.6 is 11.1 Å². The molecule has 1 aromatic rings. The van der Waals surface area contributed by atoms with E-state index in [-0.39, 0.29) is 23.6 Å². The highest BCUT2D eigenvalue weighted by Gasteiger charge is 2.29. The maximum atomic E-state index is 11.8. The fourth-order valence-corrected chi connectivity index (χ4v) is 4.51. The predicted octanol–water partition coefficient (Wildman–Crippen LogP) is 1.83. The van der Waals surface area contributed by atoms with Crippen molar-refractivity contribution in [1.29, 1.82) is 0 Å². The molecular weight excluding hydrogens is 340 g/mol. The normalized spacial score (nSPS) is 23.4. The number of allylic oxidation sites excluding steroid dienone is 2. The average molecular weight is 352 g/mol. The van der Waals surface area contributed by atoms with E-state index >= 15 is 0 Å². The van der Waals surface area contributed by atoms with Crippen LogP contribution in [0.2, 0.25) is 0 Å². The molecule has 3 aliphatic heterocycles. The Balaban J connectivity index is 1.55. The number of anilines is 1. The predicted molar refractivity (Wildman–Crippen MR) is 95.2 cm³/mol. The molecule has 0 spiro atoms. The minimum Gasteiger partial charge on any atom is -0.269 e. The highest BCUT2D eigenvalue weighted by Crippen LogP contribution is 2.44. The molecule has 7 heteroatoms. The van der Waals surface area contributed by atoms with Crippen LogP contribution in [-0.2, 0) is 19.2 Å². The number of amides is 4. The minimum atomic E-state index is -1.12. The lowest BCUT2D eigenvalue weighted by Gasteiger charge is -2.21. The zero-order chi connectivity index (χ0) is 17.6. The van der Waals surface area contributed by atoms with E-state index in [2.05, 4.69) is 0 Å². The summed E-state index contributed by atoms with van der Waals surface area (Å²) in [6, 6.07) is 6.99. The van der Waals surface area contributed by atoms with E-state index in [1.807, 2.05) is 16.9 Å². The Morgan fingerprint density at radius 2 is 1.24 bits per heavy atom. The van der Waals surface area contributed by atoms with Crippen molar-refractivity contribution in [3.8, 4) is 0 Å². The van der Waals surface area contributed by atoms with Gasteiger partial charge in [-0.05, 0) is 40.2 Å². The Bertz CT molecular complexity index is 904. The number of hydrogen-bond acceptors (Lipinski definition) is 4. The number of hydrogen-bond donors (Lipinski definition) is 1. The molecule has 0 aromatic heterocycles. The minimum absolute atomic E-state index is 0.299. The molecule has 3 aliphatic rings. The summed E-state index contributed by atoms with van der Waals surface area (Å²) >= 11 is -1.12. The zero-order valence-corrected chi connectivity index (χ0v) is 13.7. The van der Waals surface area contributed by atoms with Crippen molar-refractivity contribution >= 4 is 46.0 Å². The van der Waals surface area contributed by atoms with Crippen molar-refractivity contribution in [2.24, 2.45) is 0 Å². The van der Waals surface area contributed by atoms with Gasteiger partial charge in [0.1, 0.15) is 0 Å². The Kier molecular flexibility index (Phi) is 3.51. The first-order chi connectivity index (χ1) is 12.0. The third-order valence-electron chi connectivity index (χ3n) is 3.96. The maximum Gasteiger partial charge on any atom is 0.262 e. The van der Waals surface area contributed by atoms with Crippen molar-refractivity contribution in [2.75, 3.05) is 4.90 Å². The molecule has 0 aliphatic carbocycles. The van der Waals surface area contributed by atoms with Crippen LogP contribution in [0.15, 0.2) is 65.5 Å². The van der Waals surface area contributed by atoms with Gasteiger partial charge in [0.2, 0.25) is 0 Å². The van der Waals surface area contributed by atoms with Gasteiger partial charge in [-0.25, -0.2) is 9.21 Å². The van der Waals surface area contributed by atoms with Gasteiger partial charge >= 0.3 is 0 Å². The van der Waals surface area contributed by atoms with Crippen LogP contribution in [0.3, 0.4) is 0 Å². The highest BCUT2D eigenvalue weighted by molar-refractivity contribution is 8.21. The van der Waals surface area contributed by atoms with Crippen molar-refractivity contribution in [2.45, 2.75) is 0 Å². The molecule has 3 heterocycles. The molecule has 0 saturated heterocycles. The van der Waals surface area contributed by atoms with E-state index in [9.17, 15) is 19.2 Å². The Morgan fingerprint density at radius 3 is 1.84 bits per heavy atom. The molecule has 25 heavy (non-hydrogen) atoms. The van der Waals surface area contributed by atoms with Crippen molar-refractivity contribution in [3.05, 3.63) is 71.0 Å². The Labute approximate surface area is 145 Å². The molecule has 0 radical (unpaired) electrons. The monoisotopic (exact) mass is 352 g/mol. The van der Waals surface area contributed by atoms with Crippen LogP contribution in [0.1, 0.15) is 5.56 Å². The second-order valence-corrected chi connectivity index (χ2v) is 7.21. The number of carbonyl (C=O) groups is 4. The van der Waals surface area contributed by atoms with E-state index in [1.54, 1.807) is 24.3 Å². The van der Waals surface area contributed by atoms with Crippen LogP contribution in [0.5, 0.6) is 0 Å². The molecule has 0 fully saturated rings. The van der Waals surface area contributed by atoms with E-state index < -0.39 is 11.1 Å². The standard InChI is InChI=1S/C18H12N2O4S/c21-15-5-6-16(22)19(15)14-3-1-12(2-4-14)13-9-10-25(11-13)20-17(23)7-8-18(20)24/h1-11,25H. The summed E-state index contributed by atoms with van der Waals surface area (Å²) in [5.74, 6) is -1.32. The lowest BCUT2D eigenvalue weighted by Crippen LogP contribution is -2.29. The number of thiol groups is 1. The highest BCUT2D eigenvalue weighted by atomic mass is 32.2. The number of carbonyl (C=O) groups excluding carboxylic acids is 4. The molecule has 0 saturated carbocycles. The summed E-state index contributed by atoms with van der Waals surface area (Å²) in [5.41, 5.74) is 2.27. The van der Waals surface area contributed by atoms with Crippen molar-refractivity contribution < 1.29 is 19.2 Å². The Morgan fingerprint density at radius 1 is 0.680 bits per heavy atom. The smallest absolute Gasteiger partial charge is 0.262 e. The first-order valence-electron chi connectivity index (χ1n) is 7.45. The van der Waals surface area contributed by atoms with Gasteiger partial charge in [0, 0.05) is 24.3 Å². The summed E-state index contributed by atoms with van der Waals surface area (Å²) < 4.78 is 1.25. The van der Waals surface area contributed by atoms with Crippen LogP contribution in [0.4, 0.5) is 5.69 Å². The zero-order valence-electron chi connectivity index (χ0n) is 12.8. The number of rotatable bonds is 3. The molecule has 124 valence electrons. The summed E-state index contributed by atoms with van der Waals surface area (Å²) in [5, 5.41) is 3.74. The van der Waals surface area contributed by atoms with Gasteiger partial charge in [-0.3, -0.25) is 19.2 Å². The molecule has 0 N–H and O–H groups in total. The van der Waals surface area contributed by atoms with Crippen LogP contribution in [0, 0.1) is 0 Å². The lowest BCUT2D eigenvalue weighted by molar-refractivity contribution is -0.130. The molecule has 1 atom stereocenters. The quantitative estimate of drug-likeness (QED) is 0.665. The Hall–Kier alpha value is -3.19. The van der Waals surface area contributed by atoms with Crippen LogP contribution < -0.4 is 4.90 Å². The van der Waals surface area contributed by atoms with Gasteiger partial charge in [-0.2, -0.15) is 0 Å². The van der Waals surface area contributed by atoms with Gasteiger partial charge in [0.25, 0.3) is 23.6 Å². The molecule has 0 bridgehead atoms. The van der Waals surface area contributed by atoms with Gasteiger partial charge < -0.3 is 0 Å². The molecule has 4 rings (SSSR count). The van der Waals surface area contributed by atoms with Crippen molar-refractivity contribution in [3.63, 3.8) is 0 Å². The lowest BCUT2D eigenvalue weighted by atomic mass is 10.1. The number of benzene rings is 1. The summed E-state index contributed by atoms with van der Waals surface area (Å²) in [6.07, 6.45) is 6.90. The molecule has 1 unspecified atom stereocenters. The van der Waals surface area contributed by atoms with E-state index in [0.717, 1.165) is 16.0 Å². The number of nitrogens with zero attached hydrogens (tertiary/aromatic N) is 2. The third-order valence-corrected chi connectivity index (χ3v) is 5.82. The van der Waals surface area contributed by atoms with Crippen molar-refractivity contribution in [1.82, 2.24) is 4.31 Å². The second-order valence-electron chi connectivity index (χ2n) is 5.49. The van der Waals surface area contributed by atoms with Gasteiger partial charge in [-0.15, -0.1) is 11.1 Å². The van der Waals surface area contributed by atoms with Gasteiger partial charge in [-0.1, -0.05) is 12.1 Å². The second kappa shape index (κ2) is 5.71. The topological polar surface area (TPSA) is 74.8 Å². The van der Waals surface area contributed by atoms with E-state index in [1.165, 1.54) is 28.6 Å². The fraction of sp³-hybridized carbons (Fsp3) is 0. The first kappa shape index (κ1) is 15.3. The summed E-state index contributed by atoms with van der Waals surface area (Å²) in [7, 11) is 0. The SMILES string of the molecule is O=C1C=CC(=O)N1c1ccc(C2=C[SH](N3C(=O)C=CC3=O)C=C2)cc1. The van der Waals surface area contributed by atoms with Gasteiger partial charge in [0.05, 0.1) is 5.69 Å². The third kappa shape index (κ3) is 2.54. The molecular formula is C18H12N2O4S. The first-order valence-corrected chi connectivity index (χ1v) is 8.89. The fourth-order valence-electron chi connectivity index (χ4n) is 2.76. The van der Waals surface area contributed by atoms with Crippen LogP contribution in [0.25, 0.3) is 5.57 Å². The number of imide groups is 2. The maximum absolute atomic E-state index is 11.8.